The molecule has 0 fully saturated rings. The summed E-state index contributed by atoms with van der Waals surface area (Å²) < 4.78 is 9.30. The summed E-state index contributed by atoms with van der Waals surface area (Å²) in [6, 6.07) is 0. The average Bonchev–Trinajstić information content (AvgIpc) is 2.14. The number of methoxy groups -OCH3 is 1. The lowest BCUT2D eigenvalue weighted by Gasteiger charge is -2.11. The molecule has 0 radical (unpaired) electrons. The summed E-state index contributed by atoms with van der Waals surface area (Å²) in [6.45, 7) is 7.92. The van der Waals surface area contributed by atoms with E-state index < -0.39 is 23.8 Å². The van der Waals surface area contributed by atoms with Gasteiger partial charge >= 0.3 is 11.9 Å². The van der Waals surface area contributed by atoms with Gasteiger partial charge in [0.1, 0.15) is 0 Å². The number of hydrogen-bond acceptors (Lipinski definition) is 4. The van der Waals surface area contributed by atoms with Crippen LogP contribution in [0, 0.1) is 0 Å². The summed E-state index contributed by atoms with van der Waals surface area (Å²) in [5, 5.41) is 8.49. The smallest absolute Gasteiger partial charge is 0.340 e. The van der Waals surface area contributed by atoms with Gasteiger partial charge in [-0.05, 0) is 6.92 Å². The lowest BCUT2D eigenvalue weighted by Crippen LogP contribution is -2.19. The minimum Gasteiger partial charge on any atom is -0.478 e. The minimum atomic E-state index is -1.31. The van der Waals surface area contributed by atoms with Crippen molar-refractivity contribution in [1.82, 2.24) is 0 Å². The van der Waals surface area contributed by atoms with E-state index in [1.54, 1.807) is 0 Å². The Labute approximate surface area is 81.6 Å². The third kappa shape index (κ3) is 3.40. The van der Waals surface area contributed by atoms with Crippen molar-refractivity contribution < 1.29 is 24.2 Å². The monoisotopic (exact) mass is 200 g/mol. The first-order chi connectivity index (χ1) is 6.40. The number of ether oxygens (including phenoxy) is 2. The molecular weight excluding hydrogens is 188 g/mol. The van der Waals surface area contributed by atoms with Crippen molar-refractivity contribution in [3.8, 4) is 0 Å². The molecule has 0 heterocycles. The van der Waals surface area contributed by atoms with Gasteiger partial charge in [-0.25, -0.2) is 9.59 Å². The highest BCUT2D eigenvalue weighted by molar-refractivity contribution is 6.05. The van der Waals surface area contributed by atoms with Crippen LogP contribution in [0.3, 0.4) is 0 Å². The molecule has 0 aromatic carbocycles. The largest absolute Gasteiger partial charge is 0.478 e. The van der Waals surface area contributed by atoms with Crippen molar-refractivity contribution >= 4 is 11.9 Å². The maximum atomic E-state index is 11.1. The van der Waals surface area contributed by atoms with Crippen LogP contribution in [-0.4, -0.2) is 30.4 Å². The highest BCUT2D eigenvalue weighted by Crippen LogP contribution is 2.08. The molecule has 1 atom stereocenters. The Morgan fingerprint density at radius 2 is 1.79 bits per heavy atom. The Balaban J connectivity index is 4.34. The molecule has 14 heavy (non-hydrogen) atoms. The van der Waals surface area contributed by atoms with Crippen LogP contribution in [0.4, 0.5) is 0 Å². The molecule has 0 bridgehead atoms. The fraction of sp³-hybridized carbons (Fsp3) is 0.333. The van der Waals surface area contributed by atoms with E-state index in [-0.39, 0.29) is 5.57 Å². The summed E-state index contributed by atoms with van der Waals surface area (Å²) in [7, 11) is 1.35. The van der Waals surface area contributed by atoms with E-state index in [4.69, 9.17) is 5.11 Å². The van der Waals surface area contributed by atoms with Crippen LogP contribution in [0.5, 0.6) is 0 Å². The second-order valence-electron chi connectivity index (χ2n) is 2.47. The quantitative estimate of drug-likeness (QED) is 0.306. The molecule has 5 heteroatoms. The topological polar surface area (TPSA) is 72.8 Å². The van der Waals surface area contributed by atoms with Gasteiger partial charge in [0.15, 0.2) is 6.29 Å². The first-order valence-corrected chi connectivity index (χ1v) is 3.75. The van der Waals surface area contributed by atoms with Crippen molar-refractivity contribution in [2.75, 3.05) is 7.11 Å². The standard InChI is InChI=1S/C9H12O5/c1-5(8(10)11)6(2)9(12)14-7(3)13-4/h7H,1-2H2,3-4H3,(H,10,11). The molecule has 1 N–H and O–H groups in total. The zero-order valence-corrected chi connectivity index (χ0v) is 8.07. The Bertz CT molecular complexity index is 279. The second-order valence-corrected chi connectivity index (χ2v) is 2.47. The van der Waals surface area contributed by atoms with Gasteiger partial charge < -0.3 is 14.6 Å². The van der Waals surface area contributed by atoms with Gasteiger partial charge in [0.25, 0.3) is 0 Å². The number of carboxylic acids is 1. The number of hydrogen-bond donors (Lipinski definition) is 1. The van der Waals surface area contributed by atoms with Gasteiger partial charge in [0.05, 0.1) is 11.1 Å². The number of carbonyl (C=O) groups excluding carboxylic acids is 1. The molecule has 0 rings (SSSR count). The van der Waals surface area contributed by atoms with Gasteiger partial charge in [0, 0.05) is 7.11 Å². The highest BCUT2D eigenvalue weighted by Gasteiger charge is 2.18. The summed E-state index contributed by atoms with van der Waals surface area (Å²) in [5.74, 6) is -2.16. The molecule has 0 aromatic rings. The van der Waals surface area contributed by atoms with E-state index in [1.807, 2.05) is 0 Å². The second kappa shape index (κ2) is 5.18. The number of aliphatic carboxylic acids is 1. The molecule has 0 amide bonds. The number of carbonyl (C=O) groups is 2. The first kappa shape index (κ1) is 12.4. The number of esters is 1. The summed E-state index contributed by atoms with van der Waals surface area (Å²) in [5.41, 5.74) is -0.681. The zero-order valence-electron chi connectivity index (χ0n) is 8.07. The predicted molar refractivity (Wildman–Crippen MR) is 48.5 cm³/mol. The van der Waals surface area contributed by atoms with Crippen LogP contribution in [0.25, 0.3) is 0 Å². The van der Waals surface area contributed by atoms with E-state index in [2.05, 4.69) is 22.6 Å². The fourth-order valence-electron chi connectivity index (χ4n) is 0.522. The molecule has 0 aliphatic carbocycles. The maximum absolute atomic E-state index is 11.1. The molecule has 0 aliphatic rings. The van der Waals surface area contributed by atoms with Crippen molar-refractivity contribution in [2.24, 2.45) is 0 Å². The fourth-order valence-corrected chi connectivity index (χ4v) is 0.522. The van der Waals surface area contributed by atoms with E-state index in [0.29, 0.717) is 0 Å². The molecule has 0 spiro atoms. The summed E-state index contributed by atoms with van der Waals surface area (Å²) in [6.07, 6.45) is -0.749. The third-order valence-corrected chi connectivity index (χ3v) is 1.47. The minimum absolute atomic E-state index is 0.290. The molecule has 0 saturated carbocycles. The van der Waals surface area contributed by atoms with Gasteiger partial charge in [-0.15, -0.1) is 0 Å². The third-order valence-electron chi connectivity index (χ3n) is 1.47. The van der Waals surface area contributed by atoms with Crippen molar-refractivity contribution in [3.05, 3.63) is 24.3 Å². The van der Waals surface area contributed by atoms with Crippen molar-refractivity contribution in [1.29, 1.82) is 0 Å². The normalized spacial score (nSPS) is 11.6. The Hall–Kier alpha value is -1.62. The Morgan fingerprint density at radius 1 is 1.29 bits per heavy atom. The van der Waals surface area contributed by atoms with Crippen LogP contribution in [-0.2, 0) is 19.1 Å². The van der Waals surface area contributed by atoms with Crippen LogP contribution < -0.4 is 0 Å². The SMILES string of the molecule is C=C(C(=C)C(=O)OC(C)OC)C(=O)O. The average molecular weight is 200 g/mol. The molecule has 0 saturated heterocycles. The summed E-state index contributed by atoms with van der Waals surface area (Å²) >= 11 is 0. The lowest BCUT2D eigenvalue weighted by molar-refractivity contribution is -0.165. The van der Waals surface area contributed by atoms with Gasteiger partial charge in [-0.3, -0.25) is 0 Å². The number of carboxylic acid groups (broad SMARTS) is 1. The summed E-state index contributed by atoms with van der Waals surface area (Å²) in [4.78, 5) is 21.5. The zero-order chi connectivity index (χ0) is 11.3. The van der Waals surface area contributed by atoms with Crippen LogP contribution in [0.15, 0.2) is 24.3 Å². The van der Waals surface area contributed by atoms with Crippen LogP contribution in [0.1, 0.15) is 6.92 Å². The number of rotatable bonds is 5. The van der Waals surface area contributed by atoms with Crippen LogP contribution in [0.2, 0.25) is 0 Å². The Kier molecular flexibility index (Phi) is 4.58. The van der Waals surface area contributed by atoms with E-state index in [1.165, 1.54) is 14.0 Å². The van der Waals surface area contributed by atoms with Crippen molar-refractivity contribution in [2.45, 2.75) is 13.2 Å². The first-order valence-electron chi connectivity index (χ1n) is 3.75. The van der Waals surface area contributed by atoms with Gasteiger partial charge in [-0.2, -0.15) is 0 Å². The van der Waals surface area contributed by atoms with E-state index in [0.717, 1.165) is 0 Å². The predicted octanol–water partition coefficient (Wildman–Crippen LogP) is 0.719. The lowest BCUT2D eigenvalue weighted by atomic mass is 10.1. The molecule has 78 valence electrons. The Morgan fingerprint density at radius 3 is 2.14 bits per heavy atom. The molecule has 5 nitrogen and oxygen atoms in total. The molecule has 0 aliphatic heterocycles. The van der Waals surface area contributed by atoms with Crippen LogP contribution >= 0.6 is 0 Å². The van der Waals surface area contributed by atoms with E-state index >= 15 is 0 Å². The highest BCUT2D eigenvalue weighted by atomic mass is 16.7. The molecule has 0 aromatic heterocycles. The van der Waals surface area contributed by atoms with Gasteiger partial charge in [-0.1, -0.05) is 13.2 Å². The maximum Gasteiger partial charge on any atom is 0.340 e. The molecule has 1 unspecified atom stereocenters. The van der Waals surface area contributed by atoms with Crippen molar-refractivity contribution in [3.63, 3.8) is 0 Å². The van der Waals surface area contributed by atoms with Gasteiger partial charge in [0.2, 0.25) is 0 Å². The molecular formula is C9H12O5. The van der Waals surface area contributed by atoms with E-state index in [9.17, 15) is 9.59 Å².